The summed E-state index contributed by atoms with van der Waals surface area (Å²) in [6.07, 6.45) is 1.35. The van der Waals surface area contributed by atoms with Crippen molar-refractivity contribution >= 4 is 11.6 Å². The molecule has 1 unspecified atom stereocenters. The molecule has 0 spiro atoms. The van der Waals surface area contributed by atoms with Crippen LogP contribution in [0.15, 0.2) is 18.2 Å². The first-order valence-corrected chi connectivity index (χ1v) is 5.59. The van der Waals surface area contributed by atoms with Gasteiger partial charge in [0.2, 0.25) is 0 Å². The molecule has 86 valence electrons. The largest absolute Gasteiger partial charge is 0.309 e. The topological polar surface area (TPSA) is 35.8 Å². The molecule has 0 aromatic heterocycles. The van der Waals surface area contributed by atoms with E-state index in [0.717, 1.165) is 12.0 Å². The van der Waals surface area contributed by atoms with Gasteiger partial charge in [-0.05, 0) is 24.1 Å². The van der Waals surface area contributed by atoms with E-state index >= 15 is 0 Å². The first kappa shape index (κ1) is 13.0. The molecular formula is C12H14ClFN2. The summed E-state index contributed by atoms with van der Waals surface area (Å²) in [7, 11) is 0. The Kier molecular flexibility index (Phi) is 5.24. The number of nitrogens with one attached hydrogen (secondary N) is 1. The number of benzene rings is 1. The molecule has 1 rings (SSSR count). The SMILES string of the molecule is CCC(CC#N)NCc1ccc(F)cc1Cl. The Balaban J connectivity index is 2.57. The molecule has 0 saturated carbocycles. The van der Waals surface area contributed by atoms with Crippen molar-refractivity contribution in [2.75, 3.05) is 0 Å². The summed E-state index contributed by atoms with van der Waals surface area (Å²) < 4.78 is 12.8. The van der Waals surface area contributed by atoms with Crippen LogP contribution in [0, 0.1) is 17.1 Å². The lowest BCUT2D eigenvalue weighted by molar-refractivity contribution is 0.504. The standard InChI is InChI=1S/C12H14ClFN2/c1-2-11(5-6-15)16-8-9-3-4-10(14)7-12(9)13/h3-4,7,11,16H,2,5,8H2,1H3. The fraction of sp³-hybridized carbons (Fsp3) is 0.417. The second kappa shape index (κ2) is 6.47. The Bertz CT molecular complexity index is 387. The minimum atomic E-state index is -0.335. The van der Waals surface area contributed by atoms with Crippen LogP contribution < -0.4 is 5.32 Å². The molecule has 0 amide bonds. The van der Waals surface area contributed by atoms with Crippen LogP contribution in [0.4, 0.5) is 4.39 Å². The van der Waals surface area contributed by atoms with Crippen LogP contribution in [-0.4, -0.2) is 6.04 Å². The summed E-state index contributed by atoms with van der Waals surface area (Å²) in [4.78, 5) is 0. The highest BCUT2D eigenvalue weighted by Crippen LogP contribution is 2.17. The van der Waals surface area contributed by atoms with Gasteiger partial charge in [0.25, 0.3) is 0 Å². The Morgan fingerprint density at radius 2 is 2.31 bits per heavy atom. The summed E-state index contributed by atoms with van der Waals surface area (Å²) in [5.74, 6) is -0.335. The third-order valence-electron chi connectivity index (χ3n) is 2.43. The maximum atomic E-state index is 12.8. The van der Waals surface area contributed by atoms with Gasteiger partial charge in [-0.3, -0.25) is 0 Å². The van der Waals surface area contributed by atoms with E-state index in [4.69, 9.17) is 16.9 Å². The van der Waals surface area contributed by atoms with Crippen molar-refractivity contribution in [3.63, 3.8) is 0 Å². The number of hydrogen-bond donors (Lipinski definition) is 1. The van der Waals surface area contributed by atoms with Crippen molar-refractivity contribution in [1.82, 2.24) is 5.32 Å². The van der Waals surface area contributed by atoms with Gasteiger partial charge in [-0.2, -0.15) is 5.26 Å². The Morgan fingerprint density at radius 1 is 1.56 bits per heavy atom. The molecule has 2 nitrogen and oxygen atoms in total. The molecule has 16 heavy (non-hydrogen) atoms. The van der Waals surface area contributed by atoms with Crippen LogP contribution in [0.5, 0.6) is 0 Å². The second-order valence-electron chi connectivity index (χ2n) is 3.58. The van der Waals surface area contributed by atoms with Gasteiger partial charge in [0, 0.05) is 17.6 Å². The first-order chi connectivity index (χ1) is 7.67. The Morgan fingerprint density at radius 3 is 2.88 bits per heavy atom. The molecular weight excluding hydrogens is 227 g/mol. The molecule has 0 radical (unpaired) electrons. The third-order valence-corrected chi connectivity index (χ3v) is 2.78. The molecule has 0 aliphatic rings. The lowest BCUT2D eigenvalue weighted by Crippen LogP contribution is -2.27. The maximum absolute atomic E-state index is 12.8. The van der Waals surface area contributed by atoms with Crippen LogP contribution in [-0.2, 0) is 6.54 Å². The summed E-state index contributed by atoms with van der Waals surface area (Å²) in [5.41, 5.74) is 0.847. The van der Waals surface area contributed by atoms with Gasteiger partial charge in [0.15, 0.2) is 0 Å². The van der Waals surface area contributed by atoms with Gasteiger partial charge in [-0.1, -0.05) is 24.6 Å². The summed E-state index contributed by atoms with van der Waals surface area (Å²) in [6, 6.07) is 6.62. The number of rotatable bonds is 5. The van der Waals surface area contributed by atoms with Crippen LogP contribution >= 0.6 is 11.6 Å². The molecule has 1 N–H and O–H groups in total. The minimum absolute atomic E-state index is 0.158. The molecule has 0 heterocycles. The molecule has 0 bridgehead atoms. The quantitative estimate of drug-likeness (QED) is 0.858. The normalized spacial score (nSPS) is 12.1. The van der Waals surface area contributed by atoms with E-state index in [9.17, 15) is 4.39 Å². The van der Waals surface area contributed by atoms with E-state index in [1.807, 2.05) is 6.92 Å². The van der Waals surface area contributed by atoms with Crippen molar-refractivity contribution in [1.29, 1.82) is 5.26 Å². The zero-order valence-corrected chi connectivity index (χ0v) is 9.89. The van der Waals surface area contributed by atoms with E-state index in [2.05, 4.69) is 11.4 Å². The fourth-order valence-electron chi connectivity index (χ4n) is 1.39. The summed E-state index contributed by atoms with van der Waals surface area (Å²) in [5, 5.41) is 12.2. The van der Waals surface area contributed by atoms with Crippen LogP contribution in [0.1, 0.15) is 25.3 Å². The lowest BCUT2D eigenvalue weighted by Gasteiger charge is -2.14. The zero-order chi connectivity index (χ0) is 12.0. The lowest BCUT2D eigenvalue weighted by atomic mass is 10.1. The predicted octanol–water partition coefficient (Wildman–Crippen LogP) is 3.26. The second-order valence-corrected chi connectivity index (χ2v) is 3.99. The summed E-state index contributed by atoms with van der Waals surface area (Å²) in [6.45, 7) is 2.57. The van der Waals surface area contributed by atoms with Crippen molar-refractivity contribution in [2.45, 2.75) is 32.4 Å². The van der Waals surface area contributed by atoms with Gasteiger partial charge in [-0.15, -0.1) is 0 Å². The highest BCUT2D eigenvalue weighted by atomic mass is 35.5. The van der Waals surface area contributed by atoms with Crippen molar-refractivity contribution in [3.8, 4) is 6.07 Å². The van der Waals surface area contributed by atoms with Gasteiger partial charge in [0.1, 0.15) is 5.82 Å². The number of halogens is 2. The number of nitrogens with zero attached hydrogens (tertiary/aromatic N) is 1. The van der Waals surface area contributed by atoms with Crippen LogP contribution in [0.3, 0.4) is 0 Å². The van der Waals surface area contributed by atoms with Gasteiger partial charge < -0.3 is 5.32 Å². The molecule has 0 saturated heterocycles. The molecule has 1 aromatic carbocycles. The van der Waals surface area contributed by atoms with E-state index in [1.54, 1.807) is 6.07 Å². The number of hydrogen-bond acceptors (Lipinski definition) is 2. The summed E-state index contributed by atoms with van der Waals surface area (Å²) >= 11 is 5.89. The Labute approximate surface area is 100 Å². The third kappa shape index (κ3) is 3.80. The number of nitriles is 1. The predicted molar refractivity (Wildman–Crippen MR) is 62.6 cm³/mol. The highest BCUT2D eigenvalue weighted by Gasteiger charge is 2.07. The van der Waals surface area contributed by atoms with Gasteiger partial charge >= 0.3 is 0 Å². The molecule has 4 heteroatoms. The first-order valence-electron chi connectivity index (χ1n) is 5.21. The average molecular weight is 241 g/mol. The van der Waals surface area contributed by atoms with Crippen molar-refractivity contribution < 1.29 is 4.39 Å². The van der Waals surface area contributed by atoms with Crippen LogP contribution in [0.2, 0.25) is 5.02 Å². The van der Waals surface area contributed by atoms with E-state index in [0.29, 0.717) is 18.0 Å². The highest BCUT2D eigenvalue weighted by molar-refractivity contribution is 6.31. The molecule has 1 aromatic rings. The maximum Gasteiger partial charge on any atom is 0.124 e. The van der Waals surface area contributed by atoms with Gasteiger partial charge in [0.05, 0.1) is 12.5 Å². The van der Waals surface area contributed by atoms with Gasteiger partial charge in [-0.25, -0.2) is 4.39 Å². The molecule has 0 fully saturated rings. The van der Waals surface area contributed by atoms with Crippen molar-refractivity contribution in [2.24, 2.45) is 0 Å². The molecule has 0 aliphatic carbocycles. The van der Waals surface area contributed by atoms with Crippen molar-refractivity contribution in [3.05, 3.63) is 34.6 Å². The average Bonchev–Trinajstić information content (AvgIpc) is 2.26. The van der Waals surface area contributed by atoms with E-state index in [-0.39, 0.29) is 11.9 Å². The van der Waals surface area contributed by atoms with E-state index in [1.165, 1.54) is 12.1 Å². The monoisotopic (exact) mass is 240 g/mol. The van der Waals surface area contributed by atoms with E-state index < -0.39 is 0 Å². The zero-order valence-electron chi connectivity index (χ0n) is 9.13. The minimum Gasteiger partial charge on any atom is -0.309 e. The smallest absolute Gasteiger partial charge is 0.124 e. The molecule has 0 aliphatic heterocycles. The van der Waals surface area contributed by atoms with Crippen LogP contribution in [0.25, 0.3) is 0 Å². The molecule has 1 atom stereocenters. The Hall–Kier alpha value is -1.11. The fourth-order valence-corrected chi connectivity index (χ4v) is 1.62.